The van der Waals surface area contributed by atoms with Gasteiger partial charge in [0.1, 0.15) is 6.04 Å². The monoisotopic (exact) mass is 495 g/mol. The van der Waals surface area contributed by atoms with Gasteiger partial charge < -0.3 is 15.7 Å². The Morgan fingerprint density at radius 2 is 1.60 bits per heavy atom. The Morgan fingerprint density at radius 3 is 2.26 bits per heavy atom. The van der Waals surface area contributed by atoms with Crippen LogP contribution in [0.2, 0.25) is 0 Å². The number of carboxylic acids is 1. The van der Waals surface area contributed by atoms with Crippen molar-refractivity contribution in [1.82, 2.24) is 10.0 Å². The van der Waals surface area contributed by atoms with Crippen LogP contribution in [0.3, 0.4) is 0 Å². The van der Waals surface area contributed by atoms with Crippen molar-refractivity contribution in [3.05, 3.63) is 90.0 Å². The van der Waals surface area contributed by atoms with Crippen LogP contribution in [0.1, 0.15) is 24.5 Å². The number of anilines is 1. The van der Waals surface area contributed by atoms with Crippen molar-refractivity contribution in [1.29, 1.82) is 0 Å². The molecule has 0 saturated carbocycles. The lowest BCUT2D eigenvalue weighted by atomic mass is 10.0. The molecule has 1 atom stereocenters. The maximum atomic E-state index is 12.5. The van der Waals surface area contributed by atoms with Gasteiger partial charge in [-0.2, -0.15) is 0 Å². The Hall–Kier alpha value is -3.69. The summed E-state index contributed by atoms with van der Waals surface area (Å²) in [4.78, 5) is 23.7. The highest BCUT2D eigenvalue weighted by Gasteiger charge is 2.24. The summed E-state index contributed by atoms with van der Waals surface area (Å²) in [5, 5.41) is 15.1. The largest absolute Gasteiger partial charge is 0.480 e. The molecule has 9 heteroatoms. The second kappa shape index (κ2) is 12.1. The molecule has 0 bridgehead atoms. The number of amides is 2. The van der Waals surface area contributed by atoms with Crippen molar-refractivity contribution in [3.63, 3.8) is 0 Å². The van der Waals surface area contributed by atoms with Crippen LogP contribution in [0.4, 0.5) is 10.5 Å². The zero-order valence-corrected chi connectivity index (χ0v) is 20.2. The summed E-state index contributed by atoms with van der Waals surface area (Å²) < 4.78 is 27.3. The molecule has 3 aromatic carbocycles. The van der Waals surface area contributed by atoms with E-state index in [1.165, 1.54) is 0 Å². The van der Waals surface area contributed by atoms with E-state index in [1.54, 1.807) is 48.5 Å². The molecule has 0 radical (unpaired) electrons. The molecule has 3 aromatic rings. The summed E-state index contributed by atoms with van der Waals surface area (Å²) in [6, 6.07) is 21.6. The summed E-state index contributed by atoms with van der Waals surface area (Å²) >= 11 is 0. The number of sulfonamides is 1. The van der Waals surface area contributed by atoms with Crippen molar-refractivity contribution in [3.8, 4) is 11.1 Å². The SMILES string of the molecule is CCCNC(=O)Nc1cccc(-c2ccc(C[C@H](NS(=O)(=O)Cc3ccccc3)C(=O)O)cc2)c1. The molecular weight excluding hydrogens is 466 g/mol. The highest BCUT2D eigenvalue weighted by atomic mass is 32.2. The van der Waals surface area contributed by atoms with Gasteiger partial charge in [0.25, 0.3) is 0 Å². The van der Waals surface area contributed by atoms with Crippen molar-refractivity contribution >= 4 is 27.7 Å². The Labute approximate surface area is 205 Å². The second-order valence-electron chi connectivity index (χ2n) is 8.12. The summed E-state index contributed by atoms with van der Waals surface area (Å²) in [7, 11) is -3.84. The molecule has 2 amide bonds. The fourth-order valence-electron chi connectivity index (χ4n) is 3.49. The van der Waals surface area contributed by atoms with E-state index in [0.717, 1.165) is 17.5 Å². The lowest BCUT2D eigenvalue weighted by Gasteiger charge is -2.15. The molecule has 8 nitrogen and oxygen atoms in total. The van der Waals surface area contributed by atoms with E-state index in [-0.39, 0.29) is 18.2 Å². The lowest BCUT2D eigenvalue weighted by molar-refractivity contribution is -0.138. The van der Waals surface area contributed by atoms with E-state index in [9.17, 15) is 23.1 Å². The number of urea groups is 1. The van der Waals surface area contributed by atoms with Crippen molar-refractivity contribution in [2.45, 2.75) is 31.6 Å². The van der Waals surface area contributed by atoms with E-state index in [2.05, 4.69) is 15.4 Å². The molecule has 3 rings (SSSR count). The number of hydrogen-bond acceptors (Lipinski definition) is 4. The minimum absolute atomic E-state index is 0.00281. The van der Waals surface area contributed by atoms with Gasteiger partial charge in [-0.1, -0.05) is 73.7 Å². The van der Waals surface area contributed by atoms with Gasteiger partial charge in [0, 0.05) is 12.2 Å². The summed E-state index contributed by atoms with van der Waals surface area (Å²) in [5.74, 6) is -1.54. The third-order valence-electron chi connectivity index (χ3n) is 5.20. The summed E-state index contributed by atoms with van der Waals surface area (Å²) in [6.45, 7) is 2.57. The molecule has 0 spiro atoms. The van der Waals surface area contributed by atoms with Crippen LogP contribution in [0.15, 0.2) is 78.9 Å². The molecule has 0 heterocycles. The van der Waals surface area contributed by atoms with Crippen LogP contribution in [0, 0.1) is 0 Å². The average molecular weight is 496 g/mol. The van der Waals surface area contributed by atoms with Crippen LogP contribution in [-0.2, 0) is 27.0 Å². The molecule has 0 aliphatic rings. The minimum Gasteiger partial charge on any atom is -0.480 e. The molecule has 0 aliphatic heterocycles. The van der Waals surface area contributed by atoms with E-state index >= 15 is 0 Å². The first kappa shape index (κ1) is 25.9. The smallest absolute Gasteiger partial charge is 0.322 e. The third kappa shape index (κ3) is 8.24. The van der Waals surface area contributed by atoms with Crippen molar-refractivity contribution in [2.75, 3.05) is 11.9 Å². The standard InChI is InChI=1S/C26H29N3O5S/c1-2-15-27-26(32)28-23-10-6-9-22(17-23)21-13-11-19(12-14-21)16-24(25(30)31)29-35(33,34)18-20-7-4-3-5-8-20/h3-14,17,24,29H,2,15-16,18H2,1H3,(H,30,31)(H2,27,28,32)/t24-/m0/s1. The van der Waals surface area contributed by atoms with E-state index in [4.69, 9.17) is 0 Å². The van der Waals surface area contributed by atoms with E-state index in [1.807, 2.05) is 37.3 Å². The fourth-order valence-corrected chi connectivity index (χ4v) is 4.82. The lowest BCUT2D eigenvalue weighted by Crippen LogP contribution is -2.42. The van der Waals surface area contributed by atoms with E-state index < -0.39 is 22.0 Å². The van der Waals surface area contributed by atoms with Gasteiger partial charge in [-0.05, 0) is 47.2 Å². The predicted molar refractivity (Wildman–Crippen MR) is 137 cm³/mol. The number of benzene rings is 3. The number of rotatable bonds is 11. The maximum Gasteiger partial charge on any atom is 0.322 e. The van der Waals surface area contributed by atoms with Crippen LogP contribution < -0.4 is 15.4 Å². The number of carboxylic acid groups (broad SMARTS) is 1. The number of aliphatic carboxylic acids is 1. The van der Waals surface area contributed by atoms with E-state index in [0.29, 0.717) is 23.4 Å². The van der Waals surface area contributed by atoms with Crippen LogP contribution in [0.5, 0.6) is 0 Å². The van der Waals surface area contributed by atoms with Crippen LogP contribution in [-0.4, -0.2) is 38.1 Å². The van der Waals surface area contributed by atoms with Gasteiger partial charge in [-0.25, -0.2) is 17.9 Å². The van der Waals surface area contributed by atoms with Gasteiger partial charge in [0.05, 0.1) is 5.75 Å². The third-order valence-corrected chi connectivity index (χ3v) is 6.56. The molecule has 4 N–H and O–H groups in total. The zero-order valence-electron chi connectivity index (χ0n) is 19.4. The Morgan fingerprint density at radius 1 is 0.886 bits per heavy atom. The quantitative estimate of drug-likeness (QED) is 0.320. The maximum absolute atomic E-state index is 12.5. The molecule has 0 fully saturated rings. The van der Waals surface area contributed by atoms with Crippen molar-refractivity contribution in [2.24, 2.45) is 0 Å². The Balaban J connectivity index is 1.67. The average Bonchev–Trinajstić information content (AvgIpc) is 2.83. The van der Waals surface area contributed by atoms with Gasteiger partial charge in [0.2, 0.25) is 10.0 Å². The van der Waals surface area contributed by atoms with Gasteiger partial charge in [-0.15, -0.1) is 0 Å². The molecular formula is C26H29N3O5S. The van der Waals surface area contributed by atoms with Crippen molar-refractivity contribution < 1.29 is 23.1 Å². The topological polar surface area (TPSA) is 125 Å². The first-order chi connectivity index (χ1) is 16.8. The normalized spacial score (nSPS) is 12.0. The van der Waals surface area contributed by atoms with Crippen LogP contribution >= 0.6 is 0 Å². The first-order valence-electron chi connectivity index (χ1n) is 11.3. The zero-order chi connectivity index (χ0) is 25.3. The highest BCUT2D eigenvalue weighted by Crippen LogP contribution is 2.23. The molecule has 35 heavy (non-hydrogen) atoms. The molecule has 0 aromatic heterocycles. The minimum atomic E-state index is -3.84. The Bertz CT molecular complexity index is 1250. The summed E-state index contributed by atoms with van der Waals surface area (Å²) in [5.41, 5.74) is 3.66. The fraction of sp³-hybridized carbons (Fsp3) is 0.231. The number of hydrogen-bond donors (Lipinski definition) is 4. The van der Waals surface area contributed by atoms with Gasteiger partial charge >= 0.3 is 12.0 Å². The van der Waals surface area contributed by atoms with Gasteiger partial charge in [0.15, 0.2) is 0 Å². The number of carbonyl (C=O) groups is 2. The molecule has 0 saturated heterocycles. The predicted octanol–water partition coefficient (Wildman–Crippen LogP) is 4.00. The summed E-state index contributed by atoms with van der Waals surface area (Å²) in [6.07, 6.45) is 0.847. The number of nitrogens with one attached hydrogen (secondary N) is 3. The highest BCUT2D eigenvalue weighted by molar-refractivity contribution is 7.88. The molecule has 0 unspecified atom stereocenters. The first-order valence-corrected chi connectivity index (χ1v) is 12.9. The second-order valence-corrected chi connectivity index (χ2v) is 9.87. The number of carbonyl (C=O) groups excluding carboxylic acids is 1. The van der Waals surface area contributed by atoms with Crippen LogP contribution in [0.25, 0.3) is 11.1 Å². The molecule has 0 aliphatic carbocycles. The molecule has 184 valence electrons. The Kier molecular flexibility index (Phi) is 8.99. The van der Waals surface area contributed by atoms with Gasteiger partial charge in [-0.3, -0.25) is 4.79 Å².